The van der Waals surface area contributed by atoms with E-state index in [1.807, 2.05) is 6.92 Å². The maximum absolute atomic E-state index is 3.41. The molecule has 0 amide bonds. The molecule has 0 radical (unpaired) electrons. The predicted molar refractivity (Wildman–Crippen MR) is 69.0 cm³/mol. The van der Waals surface area contributed by atoms with Crippen molar-refractivity contribution in [2.24, 2.45) is 0 Å². The van der Waals surface area contributed by atoms with Gasteiger partial charge in [-0.2, -0.15) is 0 Å². The van der Waals surface area contributed by atoms with Gasteiger partial charge in [0.1, 0.15) is 0 Å². The Morgan fingerprint density at radius 3 is 1.56 bits per heavy atom. The number of nitrogens with zero attached hydrogens (tertiary/aromatic N) is 1. The van der Waals surface area contributed by atoms with E-state index >= 15 is 0 Å². The van der Waals surface area contributed by atoms with Gasteiger partial charge in [0.05, 0.1) is 0 Å². The topological polar surface area (TPSA) is 3.24 Å². The van der Waals surface area contributed by atoms with Gasteiger partial charge in [-0.15, -0.1) is 0 Å². The summed E-state index contributed by atoms with van der Waals surface area (Å²) < 4.78 is 0. The van der Waals surface area contributed by atoms with Gasteiger partial charge in [-0.1, -0.05) is 44.4 Å². The third kappa shape index (κ3) is 2.94. The fraction of sp³-hybridized carbons (Fsp3) is 0.867. The van der Waals surface area contributed by atoms with E-state index in [2.05, 4.69) is 16.9 Å². The maximum atomic E-state index is 3.41. The summed E-state index contributed by atoms with van der Waals surface area (Å²) in [7, 11) is 0. The summed E-state index contributed by atoms with van der Waals surface area (Å²) in [6.07, 6.45) is 14.1. The van der Waals surface area contributed by atoms with E-state index in [1.165, 1.54) is 64.2 Å². The summed E-state index contributed by atoms with van der Waals surface area (Å²) in [6.45, 7) is 1.98. The van der Waals surface area contributed by atoms with E-state index in [-0.39, 0.29) is 0 Å². The molecule has 0 N–H and O–H groups in total. The van der Waals surface area contributed by atoms with Crippen LogP contribution in [0.15, 0.2) is 0 Å². The zero-order chi connectivity index (χ0) is 11.2. The highest BCUT2D eigenvalue weighted by molar-refractivity contribution is 5.01. The first kappa shape index (κ1) is 11.8. The quantitative estimate of drug-likeness (QED) is 0.502. The number of rotatable bonds is 2. The molecule has 0 unspecified atom stereocenters. The molecule has 1 nitrogen and oxygen atoms in total. The van der Waals surface area contributed by atoms with Crippen molar-refractivity contribution in [1.29, 1.82) is 0 Å². The van der Waals surface area contributed by atoms with Crippen LogP contribution >= 0.6 is 0 Å². The molecule has 0 aromatic rings. The van der Waals surface area contributed by atoms with Gasteiger partial charge in [-0.3, -0.25) is 0 Å². The molecule has 90 valence electrons. The second-order valence-electron chi connectivity index (χ2n) is 5.35. The van der Waals surface area contributed by atoms with Crippen molar-refractivity contribution in [1.82, 2.24) is 4.90 Å². The van der Waals surface area contributed by atoms with Crippen LogP contribution in [-0.4, -0.2) is 17.0 Å². The molecule has 0 bridgehead atoms. The summed E-state index contributed by atoms with van der Waals surface area (Å²) in [4.78, 5) is 2.54. The van der Waals surface area contributed by atoms with Crippen molar-refractivity contribution in [3.05, 3.63) is 0 Å². The van der Waals surface area contributed by atoms with Crippen LogP contribution in [0.4, 0.5) is 0 Å². The average Bonchev–Trinajstić information content (AvgIpc) is 2.38. The van der Waals surface area contributed by atoms with Gasteiger partial charge < -0.3 is 4.90 Å². The van der Waals surface area contributed by atoms with Crippen LogP contribution in [0.2, 0.25) is 0 Å². The molecule has 0 spiro atoms. The predicted octanol–water partition coefficient (Wildman–Crippen LogP) is 3.93. The molecule has 2 aliphatic rings. The highest BCUT2D eigenvalue weighted by Crippen LogP contribution is 2.29. The normalized spacial score (nSPS) is 23.6. The van der Waals surface area contributed by atoms with Crippen molar-refractivity contribution in [2.75, 3.05) is 0 Å². The Labute approximate surface area is 101 Å². The number of hydrogen-bond acceptors (Lipinski definition) is 1. The monoisotopic (exact) mass is 219 g/mol. The first-order valence-electron chi connectivity index (χ1n) is 7.12. The van der Waals surface area contributed by atoms with Crippen LogP contribution in [0.25, 0.3) is 0 Å². The lowest BCUT2D eigenvalue weighted by molar-refractivity contribution is 0.146. The maximum Gasteiger partial charge on any atom is 0.0374 e. The third-order valence-corrected chi connectivity index (χ3v) is 4.18. The van der Waals surface area contributed by atoms with E-state index in [9.17, 15) is 0 Å². The SMILES string of the molecule is CC#CN(C1CCCCC1)C1CCCCC1. The lowest BCUT2D eigenvalue weighted by Gasteiger charge is -2.39. The fourth-order valence-electron chi connectivity index (χ4n) is 3.33. The minimum absolute atomic E-state index is 0.768. The highest BCUT2D eigenvalue weighted by atomic mass is 15.2. The molecular weight excluding hydrogens is 194 g/mol. The Hall–Kier alpha value is -0.640. The minimum atomic E-state index is 0.768. The molecule has 0 atom stereocenters. The van der Waals surface area contributed by atoms with Gasteiger partial charge in [-0.05, 0) is 32.6 Å². The van der Waals surface area contributed by atoms with Crippen molar-refractivity contribution in [3.8, 4) is 12.0 Å². The minimum Gasteiger partial charge on any atom is -0.327 e. The first-order chi connectivity index (χ1) is 7.92. The highest BCUT2D eigenvalue weighted by Gasteiger charge is 2.26. The van der Waals surface area contributed by atoms with E-state index in [1.54, 1.807) is 0 Å². The van der Waals surface area contributed by atoms with Crippen LogP contribution in [0, 0.1) is 12.0 Å². The van der Waals surface area contributed by atoms with Gasteiger partial charge in [0.25, 0.3) is 0 Å². The Kier molecular flexibility index (Phi) is 4.57. The van der Waals surface area contributed by atoms with Crippen LogP contribution < -0.4 is 0 Å². The van der Waals surface area contributed by atoms with Gasteiger partial charge >= 0.3 is 0 Å². The van der Waals surface area contributed by atoms with Gasteiger partial charge in [-0.25, -0.2) is 0 Å². The molecule has 0 saturated heterocycles. The molecule has 0 heterocycles. The van der Waals surface area contributed by atoms with Crippen LogP contribution in [-0.2, 0) is 0 Å². The van der Waals surface area contributed by atoms with E-state index in [4.69, 9.17) is 0 Å². The summed E-state index contributed by atoms with van der Waals surface area (Å²) in [6, 6.07) is 4.94. The van der Waals surface area contributed by atoms with Crippen molar-refractivity contribution < 1.29 is 0 Å². The number of hydrogen-bond donors (Lipinski definition) is 0. The van der Waals surface area contributed by atoms with Gasteiger partial charge in [0.2, 0.25) is 0 Å². The molecule has 16 heavy (non-hydrogen) atoms. The third-order valence-electron chi connectivity index (χ3n) is 4.18. The zero-order valence-corrected chi connectivity index (χ0v) is 10.7. The van der Waals surface area contributed by atoms with Crippen LogP contribution in [0.5, 0.6) is 0 Å². The Bertz CT molecular complexity index is 230. The molecule has 2 fully saturated rings. The van der Waals surface area contributed by atoms with Crippen LogP contribution in [0.1, 0.15) is 71.1 Å². The molecule has 1 heteroatoms. The summed E-state index contributed by atoms with van der Waals surface area (Å²) in [5.41, 5.74) is 0. The molecule has 0 aliphatic heterocycles. The fourth-order valence-corrected chi connectivity index (χ4v) is 3.33. The summed E-state index contributed by atoms with van der Waals surface area (Å²) >= 11 is 0. The standard InChI is InChI=1S/C15H25N/c1-2-13-16(14-9-5-3-6-10-14)15-11-7-4-8-12-15/h14-15H,3-12H2,1H3. The second kappa shape index (κ2) is 6.18. The molecule has 0 aromatic heterocycles. The zero-order valence-electron chi connectivity index (χ0n) is 10.7. The average molecular weight is 219 g/mol. The molecule has 2 rings (SSSR count). The molecular formula is C15H25N. The van der Waals surface area contributed by atoms with Gasteiger partial charge in [0.15, 0.2) is 0 Å². The summed E-state index contributed by atoms with van der Waals surface area (Å²) in [5.74, 6) is 3.14. The molecule has 0 aromatic carbocycles. The molecule has 2 aliphatic carbocycles. The second-order valence-corrected chi connectivity index (χ2v) is 5.35. The first-order valence-corrected chi connectivity index (χ1v) is 7.12. The Morgan fingerprint density at radius 1 is 0.750 bits per heavy atom. The Morgan fingerprint density at radius 2 is 1.19 bits per heavy atom. The van der Waals surface area contributed by atoms with Crippen molar-refractivity contribution in [2.45, 2.75) is 83.2 Å². The van der Waals surface area contributed by atoms with Crippen LogP contribution in [0.3, 0.4) is 0 Å². The Balaban J connectivity index is 1.98. The van der Waals surface area contributed by atoms with Crippen molar-refractivity contribution in [3.63, 3.8) is 0 Å². The van der Waals surface area contributed by atoms with Gasteiger partial charge in [0, 0.05) is 18.1 Å². The lowest BCUT2D eigenvalue weighted by Crippen LogP contribution is -2.41. The largest absolute Gasteiger partial charge is 0.327 e. The lowest BCUT2D eigenvalue weighted by atomic mass is 9.89. The summed E-state index contributed by atoms with van der Waals surface area (Å²) in [5, 5.41) is 0. The van der Waals surface area contributed by atoms with E-state index in [0.717, 1.165) is 12.1 Å². The molecule has 2 saturated carbocycles. The van der Waals surface area contributed by atoms with Crippen molar-refractivity contribution >= 4 is 0 Å². The van der Waals surface area contributed by atoms with E-state index in [0.29, 0.717) is 0 Å². The van der Waals surface area contributed by atoms with E-state index < -0.39 is 0 Å². The smallest absolute Gasteiger partial charge is 0.0374 e.